The SMILES string of the molecule is COCCn1c(=NC(=O)c2ccc(S(=O)(=O)N(C)CC3CCCO3)cc2)sc2c(C)ccc(C)c21. The Kier molecular flexibility index (Phi) is 7.87. The van der Waals surface area contributed by atoms with Crippen LogP contribution in [0.2, 0.25) is 0 Å². The van der Waals surface area contributed by atoms with E-state index in [9.17, 15) is 13.2 Å². The van der Waals surface area contributed by atoms with E-state index in [1.54, 1.807) is 14.2 Å². The van der Waals surface area contributed by atoms with Gasteiger partial charge in [0.25, 0.3) is 5.91 Å². The molecule has 2 aromatic carbocycles. The van der Waals surface area contributed by atoms with E-state index in [0.717, 1.165) is 34.2 Å². The summed E-state index contributed by atoms with van der Waals surface area (Å²) in [5.41, 5.74) is 3.61. The smallest absolute Gasteiger partial charge is 0.279 e. The number of ether oxygens (including phenoxy) is 2. The predicted octanol–water partition coefficient (Wildman–Crippen LogP) is 3.51. The summed E-state index contributed by atoms with van der Waals surface area (Å²) in [5.74, 6) is -0.422. The zero-order chi connectivity index (χ0) is 25.2. The van der Waals surface area contributed by atoms with Gasteiger partial charge >= 0.3 is 0 Å². The molecule has 4 rings (SSSR count). The number of fused-ring (bicyclic) bond motifs is 1. The minimum absolute atomic E-state index is 0.0761. The molecule has 0 spiro atoms. The van der Waals surface area contributed by atoms with Gasteiger partial charge in [0.05, 0.1) is 27.8 Å². The Bertz CT molecular complexity index is 1380. The lowest BCUT2D eigenvalue weighted by Gasteiger charge is -2.20. The lowest BCUT2D eigenvalue weighted by Crippen LogP contribution is -2.34. The molecule has 0 N–H and O–H groups in total. The van der Waals surface area contributed by atoms with Gasteiger partial charge in [-0.2, -0.15) is 9.30 Å². The first-order valence-corrected chi connectivity index (χ1v) is 13.8. The van der Waals surface area contributed by atoms with Gasteiger partial charge in [-0.1, -0.05) is 23.5 Å². The first-order chi connectivity index (χ1) is 16.7. The number of hydrogen-bond donors (Lipinski definition) is 0. The molecule has 35 heavy (non-hydrogen) atoms. The Balaban J connectivity index is 1.62. The molecule has 1 atom stereocenters. The number of methoxy groups -OCH3 is 1. The van der Waals surface area contributed by atoms with E-state index in [1.807, 2.05) is 18.4 Å². The number of hydrogen-bond acceptors (Lipinski definition) is 6. The highest BCUT2D eigenvalue weighted by atomic mass is 32.2. The summed E-state index contributed by atoms with van der Waals surface area (Å²) in [7, 11) is -0.483. The number of aromatic nitrogens is 1. The molecule has 0 aliphatic carbocycles. The van der Waals surface area contributed by atoms with Crippen LogP contribution in [0.5, 0.6) is 0 Å². The maximum atomic E-state index is 13.0. The highest BCUT2D eigenvalue weighted by Gasteiger charge is 2.26. The monoisotopic (exact) mass is 517 g/mol. The van der Waals surface area contributed by atoms with E-state index in [0.29, 0.717) is 36.7 Å². The molecule has 0 bridgehead atoms. The number of likely N-dealkylation sites (N-methyl/N-ethyl adjacent to an activating group) is 1. The van der Waals surface area contributed by atoms with Crippen molar-refractivity contribution in [3.8, 4) is 0 Å². The summed E-state index contributed by atoms with van der Waals surface area (Å²) in [4.78, 5) is 18.2. The summed E-state index contributed by atoms with van der Waals surface area (Å²) in [6, 6.07) is 10.1. The Morgan fingerprint density at radius 2 is 1.91 bits per heavy atom. The molecular weight excluding hydrogens is 486 g/mol. The molecule has 1 fully saturated rings. The van der Waals surface area contributed by atoms with Gasteiger partial charge in [-0.25, -0.2) is 8.42 Å². The Morgan fingerprint density at radius 1 is 1.20 bits per heavy atom. The maximum Gasteiger partial charge on any atom is 0.279 e. The molecule has 1 saturated heterocycles. The van der Waals surface area contributed by atoms with Gasteiger partial charge < -0.3 is 14.0 Å². The van der Waals surface area contributed by atoms with Gasteiger partial charge in [-0.15, -0.1) is 0 Å². The Hall–Kier alpha value is -2.37. The van der Waals surface area contributed by atoms with E-state index < -0.39 is 15.9 Å². The number of thiazole rings is 1. The molecule has 2 heterocycles. The summed E-state index contributed by atoms with van der Waals surface area (Å²) in [5, 5.41) is 0. The van der Waals surface area contributed by atoms with Crippen LogP contribution in [0.25, 0.3) is 10.2 Å². The highest BCUT2D eigenvalue weighted by Crippen LogP contribution is 2.25. The number of carbonyl (C=O) groups is 1. The standard InChI is InChI=1S/C25H31N3O5S2/c1-17-7-8-18(2)23-22(17)28(13-15-32-4)25(34-23)26-24(29)19-9-11-21(12-10-19)35(30,31)27(3)16-20-6-5-14-33-20/h7-12,20H,5-6,13-16H2,1-4H3. The zero-order valence-electron chi connectivity index (χ0n) is 20.5. The van der Waals surface area contributed by atoms with Crippen molar-refractivity contribution < 1.29 is 22.7 Å². The van der Waals surface area contributed by atoms with Crippen LogP contribution < -0.4 is 4.80 Å². The topological polar surface area (TPSA) is 90.2 Å². The van der Waals surface area contributed by atoms with Crippen molar-refractivity contribution in [2.45, 2.75) is 44.2 Å². The van der Waals surface area contributed by atoms with Gasteiger partial charge in [0.1, 0.15) is 0 Å². The molecule has 1 unspecified atom stereocenters. The minimum atomic E-state index is -3.68. The van der Waals surface area contributed by atoms with Crippen LogP contribution in [0, 0.1) is 13.8 Å². The fourth-order valence-electron chi connectivity index (χ4n) is 4.22. The van der Waals surface area contributed by atoms with Crippen molar-refractivity contribution >= 4 is 37.5 Å². The number of aryl methyl sites for hydroxylation is 2. The molecule has 1 aliphatic rings. The number of rotatable bonds is 8. The minimum Gasteiger partial charge on any atom is -0.383 e. The van der Waals surface area contributed by atoms with Crippen LogP contribution in [0.15, 0.2) is 46.3 Å². The van der Waals surface area contributed by atoms with Crippen molar-refractivity contribution in [3.05, 3.63) is 57.9 Å². The van der Waals surface area contributed by atoms with E-state index in [2.05, 4.69) is 17.1 Å². The average molecular weight is 518 g/mol. The lowest BCUT2D eigenvalue weighted by molar-refractivity contribution is 0.0979. The maximum absolute atomic E-state index is 13.0. The number of sulfonamides is 1. The van der Waals surface area contributed by atoms with E-state index in [4.69, 9.17) is 9.47 Å². The molecule has 1 aliphatic heterocycles. The first kappa shape index (κ1) is 25.7. The zero-order valence-corrected chi connectivity index (χ0v) is 22.1. The van der Waals surface area contributed by atoms with Crippen molar-refractivity contribution in [1.82, 2.24) is 8.87 Å². The van der Waals surface area contributed by atoms with Gasteiger partial charge in [0.2, 0.25) is 10.0 Å². The third kappa shape index (κ3) is 5.41. The summed E-state index contributed by atoms with van der Waals surface area (Å²) >= 11 is 1.47. The lowest BCUT2D eigenvalue weighted by atomic mass is 10.1. The number of amides is 1. The van der Waals surface area contributed by atoms with Crippen LogP contribution in [-0.2, 0) is 26.0 Å². The third-order valence-electron chi connectivity index (χ3n) is 6.23. The second-order valence-electron chi connectivity index (χ2n) is 8.77. The molecule has 1 amide bonds. The molecular formula is C25H31N3O5S2. The second kappa shape index (κ2) is 10.7. The molecule has 0 saturated carbocycles. The van der Waals surface area contributed by atoms with Crippen molar-refractivity contribution in [1.29, 1.82) is 0 Å². The largest absolute Gasteiger partial charge is 0.383 e. The quantitative estimate of drug-likeness (QED) is 0.456. The van der Waals surface area contributed by atoms with Gasteiger partial charge in [-0.3, -0.25) is 4.79 Å². The van der Waals surface area contributed by atoms with Crippen molar-refractivity contribution in [2.24, 2.45) is 4.99 Å². The third-order valence-corrected chi connectivity index (χ3v) is 9.29. The molecule has 188 valence electrons. The van der Waals surface area contributed by atoms with Crippen LogP contribution >= 0.6 is 11.3 Å². The van der Waals surface area contributed by atoms with Crippen LogP contribution in [0.1, 0.15) is 34.3 Å². The highest BCUT2D eigenvalue weighted by molar-refractivity contribution is 7.89. The number of nitrogens with zero attached hydrogens (tertiary/aromatic N) is 3. The van der Waals surface area contributed by atoms with Gasteiger partial charge in [-0.05, 0) is 62.1 Å². The Morgan fingerprint density at radius 3 is 2.57 bits per heavy atom. The Labute approximate surface area is 209 Å². The summed E-state index contributed by atoms with van der Waals surface area (Å²) in [6.07, 6.45) is 1.73. The first-order valence-electron chi connectivity index (χ1n) is 11.6. The molecule has 10 heteroatoms. The van der Waals surface area contributed by atoms with Gasteiger partial charge in [0.15, 0.2) is 4.80 Å². The normalized spacial score (nSPS) is 17.1. The molecule has 8 nitrogen and oxygen atoms in total. The number of carbonyl (C=O) groups excluding carboxylic acids is 1. The van der Waals surface area contributed by atoms with E-state index >= 15 is 0 Å². The predicted molar refractivity (Wildman–Crippen MR) is 136 cm³/mol. The van der Waals surface area contributed by atoms with Crippen LogP contribution in [0.4, 0.5) is 0 Å². The van der Waals surface area contributed by atoms with Gasteiger partial charge in [0, 0.05) is 39.4 Å². The van der Waals surface area contributed by atoms with Crippen LogP contribution in [-0.4, -0.2) is 63.2 Å². The fraction of sp³-hybridized carbons (Fsp3) is 0.440. The average Bonchev–Trinajstić information content (AvgIpc) is 3.48. The van der Waals surface area contributed by atoms with Crippen LogP contribution in [0.3, 0.4) is 0 Å². The molecule has 0 radical (unpaired) electrons. The fourth-order valence-corrected chi connectivity index (χ4v) is 6.63. The van der Waals surface area contributed by atoms with E-state index in [1.165, 1.54) is 39.9 Å². The summed E-state index contributed by atoms with van der Waals surface area (Å²) in [6.45, 7) is 6.12. The second-order valence-corrected chi connectivity index (χ2v) is 11.8. The summed E-state index contributed by atoms with van der Waals surface area (Å²) < 4.78 is 41.1. The molecule has 1 aromatic heterocycles. The van der Waals surface area contributed by atoms with E-state index in [-0.39, 0.29) is 11.0 Å². The number of benzene rings is 2. The molecule has 3 aromatic rings. The van der Waals surface area contributed by atoms with Crippen molar-refractivity contribution in [2.75, 3.05) is 33.9 Å². The van der Waals surface area contributed by atoms with Crippen molar-refractivity contribution in [3.63, 3.8) is 0 Å².